The van der Waals surface area contributed by atoms with E-state index in [1.807, 2.05) is 18.2 Å². The Kier molecular flexibility index (Phi) is 4.87. The van der Waals surface area contributed by atoms with Crippen LogP contribution >= 0.6 is 15.9 Å². The first-order valence-corrected chi connectivity index (χ1v) is 11.2. The van der Waals surface area contributed by atoms with E-state index in [4.69, 9.17) is 9.84 Å². The summed E-state index contributed by atoms with van der Waals surface area (Å²) in [5.41, 5.74) is 2.75. The second-order valence-electron chi connectivity index (χ2n) is 8.19. The molecular weight excluding hydrogens is 433 g/mol. The Morgan fingerprint density at radius 1 is 1.17 bits per heavy atom. The summed E-state index contributed by atoms with van der Waals surface area (Å²) >= 11 is 3.61. The number of rotatable bonds is 3. The highest BCUT2D eigenvalue weighted by Crippen LogP contribution is 2.50. The van der Waals surface area contributed by atoms with E-state index in [9.17, 15) is 4.39 Å². The maximum Gasteiger partial charge on any atom is 0.200 e. The van der Waals surface area contributed by atoms with Crippen LogP contribution in [-0.4, -0.2) is 41.0 Å². The fourth-order valence-electron chi connectivity index (χ4n) is 4.84. The summed E-state index contributed by atoms with van der Waals surface area (Å²) in [5, 5.41) is 7.27. The van der Waals surface area contributed by atoms with Gasteiger partial charge in [0.05, 0.1) is 11.8 Å². The fourth-order valence-corrected chi connectivity index (χ4v) is 5.22. The van der Waals surface area contributed by atoms with Crippen molar-refractivity contribution in [1.29, 1.82) is 0 Å². The molecule has 3 heterocycles. The first-order chi connectivity index (χ1) is 14.1. The van der Waals surface area contributed by atoms with Crippen molar-refractivity contribution in [3.8, 4) is 5.75 Å². The van der Waals surface area contributed by atoms with Gasteiger partial charge in [-0.25, -0.2) is 9.40 Å². The van der Waals surface area contributed by atoms with Gasteiger partial charge in [0.2, 0.25) is 5.72 Å². The maximum absolute atomic E-state index is 13.4. The second-order valence-corrected chi connectivity index (χ2v) is 9.11. The van der Waals surface area contributed by atoms with Gasteiger partial charge in [0.25, 0.3) is 0 Å². The predicted octanol–water partition coefficient (Wildman–Crippen LogP) is 5.33. The normalized spacial score (nSPS) is 22.8. The number of fused-ring (bicyclic) bond motifs is 4. The second kappa shape index (κ2) is 7.40. The predicted molar refractivity (Wildman–Crippen MR) is 116 cm³/mol. The molecule has 0 unspecified atom stereocenters. The van der Waals surface area contributed by atoms with Crippen LogP contribution in [0.3, 0.4) is 0 Å². The zero-order chi connectivity index (χ0) is 20.0. The van der Waals surface area contributed by atoms with Gasteiger partial charge in [0.15, 0.2) is 0 Å². The number of hydrazone groups is 1. The SMILES string of the molecule is CCCN1CCC2(CC1)Oc1ccc(Br)cc1[C@H]1CC(c3ccc(F)cc3)=NN12. The van der Waals surface area contributed by atoms with E-state index in [1.165, 1.54) is 24.1 Å². The number of hydrogen-bond donors (Lipinski definition) is 0. The minimum atomic E-state index is -0.405. The lowest BCUT2D eigenvalue weighted by molar-refractivity contribution is -0.149. The van der Waals surface area contributed by atoms with Gasteiger partial charge in [0, 0.05) is 42.4 Å². The molecule has 6 heteroatoms. The molecule has 1 spiro atoms. The van der Waals surface area contributed by atoms with E-state index >= 15 is 0 Å². The summed E-state index contributed by atoms with van der Waals surface area (Å²) in [7, 11) is 0. The molecule has 152 valence electrons. The fraction of sp³-hybridized carbons (Fsp3) is 0.435. The summed E-state index contributed by atoms with van der Waals surface area (Å²) in [4.78, 5) is 2.52. The van der Waals surface area contributed by atoms with E-state index in [0.29, 0.717) is 0 Å². The van der Waals surface area contributed by atoms with E-state index in [-0.39, 0.29) is 11.9 Å². The van der Waals surface area contributed by atoms with Crippen molar-refractivity contribution >= 4 is 21.6 Å². The van der Waals surface area contributed by atoms with Gasteiger partial charge in [-0.3, -0.25) is 0 Å². The third-order valence-corrected chi connectivity index (χ3v) is 6.81. The molecule has 2 aromatic rings. The zero-order valence-corrected chi connectivity index (χ0v) is 18.2. The van der Waals surface area contributed by atoms with Crippen LogP contribution in [0.1, 0.15) is 49.8 Å². The summed E-state index contributed by atoms with van der Waals surface area (Å²) in [6.45, 7) is 5.40. The molecule has 2 aromatic carbocycles. The van der Waals surface area contributed by atoms with Gasteiger partial charge >= 0.3 is 0 Å². The largest absolute Gasteiger partial charge is 0.466 e. The summed E-state index contributed by atoms with van der Waals surface area (Å²) in [6.07, 6.45) is 3.83. The van der Waals surface area contributed by atoms with Gasteiger partial charge in [-0.15, -0.1) is 0 Å². The number of piperidine rings is 1. The number of nitrogens with zero attached hydrogens (tertiary/aromatic N) is 3. The van der Waals surface area contributed by atoms with Gasteiger partial charge in [-0.1, -0.05) is 35.0 Å². The number of hydrogen-bond acceptors (Lipinski definition) is 4. The molecule has 1 atom stereocenters. The first-order valence-electron chi connectivity index (χ1n) is 10.4. The summed E-state index contributed by atoms with van der Waals surface area (Å²) in [6, 6.07) is 13.1. The first kappa shape index (κ1) is 19.1. The molecule has 0 bridgehead atoms. The third-order valence-electron chi connectivity index (χ3n) is 6.31. The standard InChI is InChI=1S/C23H25BrFN3O/c1-2-11-27-12-9-23(10-13-27)28-21(19-14-17(24)5-8-22(19)29-23)15-20(26-28)16-3-6-18(25)7-4-16/h3-8,14,21H,2,9-13,15H2,1H3/t21-/m1/s1. The molecule has 1 saturated heterocycles. The Morgan fingerprint density at radius 3 is 2.66 bits per heavy atom. The lowest BCUT2D eigenvalue weighted by Crippen LogP contribution is -2.59. The Balaban J connectivity index is 1.52. The van der Waals surface area contributed by atoms with Gasteiger partial charge in [-0.05, 0) is 48.9 Å². The van der Waals surface area contributed by atoms with Crippen LogP contribution in [-0.2, 0) is 0 Å². The lowest BCUT2D eigenvalue weighted by Gasteiger charge is -2.51. The van der Waals surface area contributed by atoms with Gasteiger partial charge in [0.1, 0.15) is 11.6 Å². The van der Waals surface area contributed by atoms with E-state index < -0.39 is 5.72 Å². The summed E-state index contributed by atoms with van der Waals surface area (Å²) in [5.74, 6) is 0.747. The smallest absolute Gasteiger partial charge is 0.200 e. The monoisotopic (exact) mass is 457 g/mol. The van der Waals surface area contributed by atoms with Crippen molar-refractivity contribution in [3.63, 3.8) is 0 Å². The highest BCUT2D eigenvalue weighted by atomic mass is 79.9. The molecule has 29 heavy (non-hydrogen) atoms. The van der Waals surface area contributed by atoms with Crippen LogP contribution < -0.4 is 4.74 Å². The zero-order valence-electron chi connectivity index (χ0n) is 16.6. The topological polar surface area (TPSA) is 28.1 Å². The van der Waals surface area contributed by atoms with Crippen molar-refractivity contribution < 1.29 is 9.13 Å². The molecule has 0 aliphatic carbocycles. The van der Waals surface area contributed by atoms with Crippen molar-refractivity contribution in [2.24, 2.45) is 5.10 Å². The number of benzene rings is 2. The van der Waals surface area contributed by atoms with Crippen LogP contribution in [0.5, 0.6) is 5.75 Å². The third kappa shape index (κ3) is 3.36. The highest BCUT2D eigenvalue weighted by molar-refractivity contribution is 9.10. The van der Waals surface area contributed by atoms with Crippen molar-refractivity contribution in [2.75, 3.05) is 19.6 Å². The molecule has 3 aliphatic heterocycles. The Morgan fingerprint density at radius 2 is 1.93 bits per heavy atom. The highest BCUT2D eigenvalue weighted by Gasteiger charge is 2.51. The molecule has 0 radical (unpaired) electrons. The minimum absolute atomic E-state index is 0.147. The molecule has 0 N–H and O–H groups in total. The molecule has 3 aliphatic rings. The Labute approximate surface area is 179 Å². The quantitative estimate of drug-likeness (QED) is 0.622. The average molecular weight is 458 g/mol. The molecule has 1 fully saturated rings. The molecule has 5 rings (SSSR count). The lowest BCUT2D eigenvalue weighted by atomic mass is 9.90. The maximum atomic E-state index is 13.4. The van der Waals surface area contributed by atoms with E-state index in [1.54, 1.807) is 0 Å². The molecule has 0 aromatic heterocycles. The Bertz CT molecular complexity index is 938. The van der Waals surface area contributed by atoms with Crippen LogP contribution in [0.15, 0.2) is 52.0 Å². The minimum Gasteiger partial charge on any atom is -0.466 e. The van der Waals surface area contributed by atoms with Crippen molar-refractivity contribution in [2.45, 2.75) is 44.4 Å². The molecule has 0 saturated carbocycles. The van der Waals surface area contributed by atoms with Crippen LogP contribution in [0.25, 0.3) is 0 Å². The van der Waals surface area contributed by atoms with Crippen LogP contribution in [0.4, 0.5) is 4.39 Å². The van der Waals surface area contributed by atoms with Crippen LogP contribution in [0.2, 0.25) is 0 Å². The van der Waals surface area contributed by atoms with E-state index in [0.717, 1.165) is 60.4 Å². The number of halogens is 2. The molecule has 4 nitrogen and oxygen atoms in total. The van der Waals surface area contributed by atoms with E-state index in [2.05, 4.69) is 44.9 Å². The Hall–Kier alpha value is -1.92. The molecular formula is C23H25BrFN3O. The average Bonchev–Trinajstić information content (AvgIpc) is 3.18. The summed E-state index contributed by atoms with van der Waals surface area (Å²) < 4.78 is 21.1. The van der Waals surface area contributed by atoms with Crippen molar-refractivity contribution in [3.05, 3.63) is 63.9 Å². The number of ether oxygens (including phenoxy) is 1. The molecule has 0 amide bonds. The number of likely N-dealkylation sites (tertiary alicyclic amines) is 1. The van der Waals surface area contributed by atoms with Gasteiger partial charge in [-0.2, -0.15) is 5.10 Å². The van der Waals surface area contributed by atoms with Crippen molar-refractivity contribution in [1.82, 2.24) is 9.91 Å². The van der Waals surface area contributed by atoms with Gasteiger partial charge < -0.3 is 9.64 Å². The van der Waals surface area contributed by atoms with Crippen LogP contribution in [0, 0.1) is 5.82 Å².